The van der Waals surface area contributed by atoms with Gasteiger partial charge in [-0.05, 0) is 18.2 Å². The van der Waals surface area contributed by atoms with Crippen LogP contribution in [0.5, 0.6) is 0 Å². The molecule has 0 saturated heterocycles. The number of nitrogens with two attached hydrogens (primary N) is 2. The summed E-state index contributed by atoms with van der Waals surface area (Å²) < 4.78 is 0. The van der Waals surface area contributed by atoms with E-state index in [1.807, 2.05) is 30.3 Å². The van der Waals surface area contributed by atoms with Crippen LogP contribution >= 0.6 is 11.6 Å². The van der Waals surface area contributed by atoms with Crippen LogP contribution in [0.1, 0.15) is 11.1 Å². The van der Waals surface area contributed by atoms with E-state index in [4.69, 9.17) is 23.1 Å². The van der Waals surface area contributed by atoms with E-state index in [1.165, 1.54) is 0 Å². The summed E-state index contributed by atoms with van der Waals surface area (Å²) in [7, 11) is 0. The molecule has 0 aliphatic rings. The minimum absolute atomic E-state index is 0.490. The second kappa shape index (κ2) is 6.08. The van der Waals surface area contributed by atoms with Crippen LogP contribution in [0.15, 0.2) is 53.6 Å². The third-order valence-corrected chi connectivity index (χ3v) is 2.83. The quantitative estimate of drug-likeness (QED) is 0.459. The van der Waals surface area contributed by atoms with Crippen molar-refractivity contribution in [2.75, 3.05) is 5.73 Å². The maximum atomic E-state index is 10.9. The third kappa shape index (κ3) is 3.27. The Hall–Kier alpha value is -2.53. The van der Waals surface area contributed by atoms with Gasteiger partial charge in [0.1, 0.15) is 5.71 Å². The summed E-state index contributed by atoms with van der Waals surface area (Å²) in [5, 5.41) is 4.54. The predicted molar refractivity (Wildman–Crippen MR) is 80.7 cm³/mol. The number of benzene rings is 2. The normalized spacial score (nSPS) is 11.2. The van der Waals surface area contributed by atoms with Crippen LogP contribution in [0.25, 0.3) is 0 Å². The fourth-order valence-electron chi connectivity index (χ4n) is 1.72. The Labute approximate surface area is 121 Å². The van der Waals surface area contributed by atoms with Crippen molar-refractivity contribution in [1.82, 2.24) is 5.43 Å². The Morgan fingerprint density at radius 2 is 1.85 bits per heavy atom. The molecule has 20 heavy (non-hydrogen) atoms. The monoisotopic (exact) mass is 288 g/mol. The molecule has 0 aliphatic heterocycles. The van der Waals surface area contributed by atoms with E-state index in [0.29, 0.717) is 22.0 Å². The first-order chi connectivity index (χ1) is 9.58. The molecule has 0 aromatic heterocycles. The van der Waals surface area contributed by atoms with Gasteiger partial charge in [-0.1, -0.05) is 41.9 Å². The van der Waals surface area contributed by atoms with Crippen molar-refractivity contribution in [2.45, 2.75) is 0 Å². The largest absolute Gasteiger partial charge is 0.398 e. The maximum absolute atomic E-state index is 10.9. The Bertz CT molecular complexity index is 655. The number of carbonyl (C=O) groups is 1. The van der Waals surface area contributed by atoms with Gasteiger partial charge in [0, 0.05) is 21.8 Å². The number of rotatable bonds is 3. The molecule has 5 N–H and O–H groups in total. The molecule has 0 aliphatic carbocycles. The number of urea groups is 1. The first-order valence-corrected chi connectivity index (χ1v) is 6.19. The van der Waals surface area contributed by atoms with Gasteiger partial charge in [-0.2, -0.15) is 5.10 Å². The summed E-state index contributed by atoms with van der Waals surface area (Å²) in [4.78, 5) is 10.9. The number of halogens is 1. The number of hydrogen-bond donors (Lipinski definition) is 3. The molecule has 6 heteroatoms. The number of amides is 2. The molecule has 102 valence electrons. The zero-order chi connectivity index (χ0) is 14.5. The van der Waals surface area contributed by atoms with Crippen molar-refractivity contribution in [3.8, 4) is 0 Å². The Kier molecular flexibility index (Phi) is 4.22. The van der Waals surface area contributed by atoms with Gasteiger partial charge in [0.15, 0.2) is 0 Å². The van der Waals surface area contributed by atoms with Crippen molar-refractivity contribution < 1.29 is 4.79 Å². The molecule has 0 spiro atoms. The number of anilines is 1. The van der Waals surface area contributed by atoms with Gasteiger partial charge in [-0.15, -0.1) is 0 Å². The van der Waals surface area contributed by atoms with Crippen molar-refractivity contribution in [2.24, 2.45) is 10.8 Å². The lowest BCUT2D eigenvalue weighted by molar-refractivity contribution is 0.249. The lowest BCUT2D eigenvalue weighted by atomic mass is 10.0. The van der Waals surface area contributed by atoms with Gasteiger partial charge in [0.2, 0.25) is 0 Å². The van der Waals surface area contributed by atoms with E-state index < -0.39 is 6.03 Å². The van der Waals surface area contributed by atoms with Crippen LogP contribution in [0, 0.1) is 0 Å². The Morgan fingerprint density at radius 1 is 1.15 bits per heavy atom. The fourth-order valence-corrected chi connectivity index (χ4v) is 1.89. The van der Waals surface area contributed by atoms with Gasteiger partial charge in [0.05, 0.1) is 0 Å². The first kappa shape index (κ1) is 13.9. The Morgan fingerprint density at radius 3 is 2.50 bits per heavy atom. The zero-order valence-electron chi connectivity index (χ0n) is 10.5. The number of hydrogen-bond acceptors (Lipinski definition) is 3. The molecule has 0 fully saturated rings. The van der Waals surface area contributed by atoms with Gasteiger partial charge in [0.25, 0.3) is 0 Å². The van der Waals surface area contributed by atoms with Crippen LogP contribution in [0.2, 0.25) is 5.02 Å². The van der Waals surface area contributed by atoms with E-state index in [2.05, 4.69) is 10.5 Å². The molecular formula is C14H13ClN4O. The lowest BCUT2D eigenvalue weighted by Crippen LogP contribution is -2.26. The summed E-state index contributed by atoms with van der Waals surface area (Å²) in [6.45, 7) is 0. The molecule has 2 rings (SSSR count). The summed E-state index contributed by atoms with van der Waals surface area (Å²) >= 11 is 5.99. The molecule has 0 heterocycles. The number of hydrazone groups is 1. The van der Waals surface area contributed by atoms with E-state index in [9.17, 15) is 4.79 Å². The van der Waals surface area contributed by atoms with Crippen LogP contribution < -0.4 is 16.9 Å². The smallest absolute Gasteiger partial charge is 0.332 e. The van der Waals surface area contributed by atoms with Gasteiger partial charge >= 0.3 is 6.03 Å². The molecule has 0 bridgehead atoms. The fraction of sp³-hybridized carbons (Fsp3) is 0. The van der Waals surface area contributed by atoms with Crippen LogP contribution in [-0.2, 0) is 0 Å². The van der Waals surface area contributed by atoms with E-state index in [1.54, 1.807) is 18.2 Å². The van der Waals surface area contributed by atoms with Gasteiger partial charge < -0.3 is 11.5 Å². The van der Waals surface area contributed by atoms with Gasteiger partial charge in [-0.25, -0.2) is 10.2 Å². The molecule has 2 amide bonds. The first-order valence-electron chi connectivity index (χ1n) is 5.82. The average Bonchev–Trinajstić information content (AvgIpc) is 2.43. The number of nitrogen functional groups attached to an aromatic ring is 1. The van der Waals surface area contributed by atoms with Crippen molar-refractivity contribution >= 4 is 29.0 Å². The van der Waals surface area contributed by atoms with Crippen molar-refractivity contribution in [3.63, 3.8) is 0 Å². The number of nitrogens with zero attached hydrogens (tertiary/aromatic N) is 1. The minimum atomic E-state index is -0.751. The van der Waals surface area contributed by atoms with E-state index >= 15 is 0 Å². The Balaban J connectivity index is 2.55. The number of nitrogens with one attached hydrogen (secondary N) is 1. The zero-order valence-corrected chi connectivity index (χ0v) is 11.3. The van der Waals surface area contributed by atoms with E-state index in [0.717, 1.165) is 5.56 Å². The highest BCUT2D eigenvalue weighted by Gasteiger charge is 2.11. The SMILES string of the molecule is NC(=O)N/N=C(\c1ccccc1)c1cc(Cl)ccc1N. The van der Waals surface area contributed by atoms with Crippen molar-refractivity contribution in [3.05, 3.63) is 64.7 Å². The molecule has 0 saturated carbocycles. The highest BCUT2D eigenvalue weighted by molar-refractivity contribution is 6.31. The molecule has 2 aromatic carbocycles. The summed E-state index contributed by atoms with van der Waals surface area (Å²) in [6.07, 6.45) is 0. The molecular weight excluding hydrogens is 276 g/mol. The second-order valence-corrected chi connectivity index (χ2v) is 4.47. The topological polar surface area (TPSA) is 93.5 Å². The minimum Gasteiger partial charge on any atom is -0.398 e. The lowest BCUT2D eigenvalue weighted by Gasteiger charge is -2.10. The standard InChI is InChI=1S/C14H13ClN4O/c15-10-6-7-12(16)11(8-10)13(18-19-14(17)20)9-4-2-1-3-5-9/h1-8H,16H2,(H3,17,19,20)/b18-13+. The third-order valence-electron chi connectivity index (χ3n) is 2.60. The molecule has 0 unspecified atom stereocenters. The number of carbonyl (C=O) groups excluding carboxylic acids is 1. The summed E-state index contributed by atoms with van der Waals surface area (Å²) in [6, 6.07) is 13.6. The van der Waals surface area contributed by atoms with Gasteiger partial charge in [-0.3, -0.25) is 0 Å². The molecule has 5 nitrogen and oxygen atoms in total. The summed E-state index contributed by atoms with van der Waals surface area (Å²) in [5.41, 5.74) is 15.6. The average molecular weight is 289 g/mol. The number of primary amides is 1. The maximum Gasteiger partial charge on any atom is 0.332 e. The molecule has 0 atom stereocenters. The van der Waals surface area contributed by atoms with E-state index in [-0.39, 0.29) is 0 Å². The molecule has 0 radical (unpaired) electrons. The van der Waals surface area contributed by atoms with Crippen LogP contribution in [0.3, 0.4) is 0 Å². The summed E-state index contributed by atoms with van der Waals surface area (Å²) in [5.74, 6) is 0. The van der Waals surface area contributed by atoms with Crippen LogP contribution in [-0.4, -0.2) is 11.7 Å². The second-order valence-electron chi connectivity index (χ2n) is 4.03. The molecule has 2 aromatic rings. The highest BCUT2D eigenvalue weighted by Crippen LogP contribution is 2.21. The highest BCUT2D eigenvalue weighted by atomic mass is 35.5. The van der Waals surface area contributed by atoms with Crippen molar-refractivity contribution in [1.29, 1.82) is 0 Å². The van der Waals surface area contributed by atoms with Crippen LogP contribution in [0.4, 0.5) is 10.5 Å². The predicted octanol–water partition coefficient (Wildman–Crippen LogP) is 2.34.